The highest BCUT2D eigenvalue weighted by molar-refractivity contribution is 9.11. The lowest BCUT2D eigenvalue weighted by molar-refractivity contribution is -0.121. The number of anilines is 1. The third kappa shape index (κ3) is 3.65. The van der Waals surface area contributed by atoms with Gasteiger partial charge in [0.2, 0.25) is 5.91 Å². The summed E-state index contributed by atoms with van der Waals surface area (Å²) in [6.45, 7) is 3.69. The van der Waals surface area contributed by atoms with Crippen molar-refractivity contribution in [3.05, 3.63) is 40.3 Å². The first-order valence-corrected chi connectivity index (χ1v) is 6.10. The Morgan fingerprint density at radius 1 is 1.38 bits per heavy atom. The summed E-state index contributed by atoms with van der Waals surface area (Å²) in [5.41, 5.74) is 0.189. The summed E-state index contributed by atoms with van der Waals surface area (Å²) in [6.07, 6.45) is 1.79. The maximum atomic E-state index is 11.9. The molecule has 0 aliphatic carbocycles. The van der Waals surface area contributed by atoms with Gasteiger partial charge in [-0.05, 0) is 43.1 Å². The van der Waals surface area contributed by atoms with Gasteiger partial charge in [0.15, 0.2) is 0 Å². The third-order valence-corrected chi connectivity index (χ3v) is 2.68. The van der Waals surface area contributed by atoms with Gasteiger partial charge in [-0.2, -0.15) is 0 Å². The Balaban J connectivity index is 2.75. The maximum Gasteiger partial charge on any atom is 0.233 e. The van der Waals surface area contributed by atoms with Crippen molar-refractivity contribution in [1.82, 2.24) is 0 Å². The summed E-state index contributed by atoms with van der Waals surface area (Å²) in [4.78, 5) is 13.6. The minimum atomic E-state index is -0.552. The summed E-state index contributed by atoms with van der Waals surface area (Å²) < 4.78 is 0. The fraction of sp³-hybridized carbons (Fsp3) is 0.250. The molecule has 0 unspecified atom stereocenters. The van der Waals surface area contributed by atoms with Crippen molar-refractivity contribution >= 4 is 39.1 Å². The number of amides is 1. The van der Waals surface area contributed by atoms with Crippen LogP contribution in [-0.2, 0) is 4.79 Å². The van der Waals surface area contributed by atoms with E-state index in [4.69, 9.17) is 11.6 Å². The number of hydrogen-bond acceptors (Lipinski definition) is 1. The second kappa shape index (κ2) is 5.51. The van der Waals surface area contributed by atoms with Crippen LogP contribution in [0.2, 0.25) is 5.02 Å². The van der Waals surface area contributed by atoms with Crippen LogP contribution in [0.15, 0.2) is 35.3 Å². The first-order valence-electron chi connectivity index (χ1n) is 4.80. The number of nitrogens with one attached hydrogen (secondary N) is 1. The number of carbonyl (C=O) groups excluding carboxylic acids is 1. The Morgan fingerprint density at radius 3 is 2.44 bits per heavy atom. The molecular formula is C12H13BrClNO. The molecule has 16 heavy (non-hydrogen) atoms. The number of halogens is 2. The van der Waals surface area contributed by atoms with Gasteiger partial charge >= 0.3 is 0 Å². The van der Waals surface area contributed by atoms with E-state index in [1.807, 2.05) is 13.8 Å². The SMILES string of the molecule is CC(C)(/C=C/Br)C(=O)Nc1ccc(Cl)cc1. The summed E-state index contributed by atoms with van der Waals surface area (Å²) in [5.74, 6) is -0.0643. The van der Waals surface area contributed by atoms with Crippen molar-refractivity contribution in [2.75, 3.05) is 5.32 Å². The lowest BCUT2D eigenvalue weighted by atomic mass is 9.92. The van der Waals surface area contributed by atoms with Gasteiger partial charge in [0.25, 0.3) is 0 Å². The normalized spacial score (nSPS) is 11.8. The first-order chi connectivity index (χ1) is 7.45. The molecule has 0 aliphatic rings. The van der Waals surface area contributed by atoms with E-state index in [0.717, 1.165) is 5.69 Å². The van der Waals surface area contributed by atoms with E-state index in [-0.39, 0.29) is 5.91 Å². The molecule has 1 rings (SSSR count). The highest BCUT2D eigenvalue weighted by atomic mass is 79.9. The zero-order valence-corrected chi connectivity index (χ0v) is 11.5. The summed E-state index contributed by atoms with van der Waals surface area (Å²) in [5, 5.41) is 3.48. The summed E-state index contributed by atoms with van der Waals surface area (Å²) >= 11 is 8.93. The monoisotopic (exact) mass is 301 g/mol. The Kier molecular flexibility index (Phi) is 4.56. The van der Waals surface area contributed by atoms with E-state index in [2.05, 4.69) is 21.2 Å². The van der Waals surface area contributed by atoms with Gasteiger partial charge in [-0.1, -0.05) is 33.6 Å². The van der Waals surface area contributed by atoms with E-state index < -0.39 is 5.41 Å². The van der Waals surface area contributed by atoms with Crippen LogP contribution >= 0.6 is 27.5 Å². The Labute approximate surface area is 109 Å². The average molecular weight is 303 g/mol. The molecule has 0 heterocycles. The number of benzene rings is 1. The molecule has 4 heteroatoms. The van der Waals surface area contributed by atoms with Crippen molar-refractivity contribution < 1.29 is 4.79 Å². The lowest BCUT2D eigenvalue weighted by Gasteiger charge is -2.19. The molecule has 2 nitrogen and oxygen atoms in total. The van der Waals surface area contributed by atoms with Crippen LogP contribution in [0.5, 0.6) is 0 Å². The summed E-state index contributed by atoms with van der Waals surface area (Å²) in [7, 11) is 0. The van der Waals surface area contributed by atoms with E-state index in [1.165, 1.54) is 0 Å². The van der Waals surface area contributed by atoms with Crippen LogP contribution in [0.1, 0.15) is 13.8 Å². The molecule has 0 saturated carbocycles. The molecule has 86 valence electrons. The van der Waals surface area contributed by atoms with E-state index in [9.17, 15) is 4.79 Å². The van der Waals surface area contributed by atoms with Crippen LogP contribution in [0.25, 0.3) is 0 Å². The molecule has 0 bridgehead atoms. The van der Waals surface area contributed by atoms with Crippen molar-refractivity contribution in [3.63, 3.8) is 0 Å². The van der Waals surface area contributed by atoms with Gasteiger partial charge in [0.05, 0.1) is 5.41 Å². The lowest BCUT2D eigenvalue weighted by Crippen LogP contribution is -2.28. The second-order valence-electron chi connectivity index (χ2n) is 3.98. The zero-order chi connectivity index (χ0) is 12.2. The minimum Gasteiger partial charge on any atom is -0.325 e. The fourth-order valence-corrected chi connectivity index (χ4v) is 1.85. The Morgan fingerprint density at radius 2 is 1.94 bits per heavy atom. The van der Waals surface area contributed by atoms with Crippen molar-refractivity contribution in [3.8, 4) is 0 Å². The molecule has 1 aromatic rings. The Hall–Kier alpha value is -0.800. The van der Waals surface area contributed by atoms with Gasteiger partial charge in [-0.3, -0.25) is 4.79 Å². The molecule has 0 aliphatic heterocycles. The molecule has 1 amide bonds. The van der Waals surface area contributed by atoms with Gasteiger partial charge < -0.3 is 5.32 Å². The quantitative estimate of drug-likeness (QED) is 0.890. The van der Waals surface area contributed by atoms with E-state index >= 15 is 0 Å². The number of hydrogen-bond donors (Lipinski definition) is 1. The smallest absolute Gasteiger partial charge is 0.233 e. The zero-order valence-electron chi connectivity index (χ0n) is 9.13. The number of rotatable bonds is 3. The highest BCUT2D eigenvalue weighted by Gasteiger charge is 2.24. The fourth-order valence-electron chi connectivity index (χ4n) is 1.06. The molecule has 0 spiro atoms. The molecule has 0 fully saturated rings. The van der Waals surface area contributed by atoms with Crippen LogP contribution in [0.4, 0.5) is 5.69 Å². The topological polar surface area (TPSA) is 29.1 Å². The largest absolute Gasteiger partial charge is 0.325 e. The van der Waals surface area contributed by atoms with Crippen LogP contribution in [0.3, 0.4) is 0 Å². The molecule has 0 atom stereocenters. The van der Waals surface area contributed by atoms with Crippen LogP contribution < -0.4 is 5.32 Å². The van der Waals surface area contributed by atoms with Crippen molar-refractivity contribution in [2.24, 2.45) is 5.41 Å². The minimum absolute atomic E-state index is 0.0643. The van der Waals surface area contributed by atoms with E-state index in [1.54, 1.807) is 35.3 Å². The predicted octanol–water partition coefficient (Wildman–Crippen LogP) is 4.21. The van der Waals surface area contributed by atoms with Crippen LogP contribution in [0, 0.1) is 5.41 Å². The molecule has 0 radical (unpaired) electrons. The highest BCUT2D eigenvalue weighted by Crippen LogP contribution is 2.21. The van der Waals surface area contributed by atoms with Crippen LogP contribution in [-0.4, -0.2) is 5.91 Å². The molecule has 0 saturated heterocycles. The van der Waals surface area contributed by atoms with Crippen molar-refractivity contribution in [2.45, 2.75) is 13.8 Å². The maximum absolute atomic E-state index is 11.9. The van der Waals surface area contributed by atoms with Gasteiger partial charge in [0, 0.05) is 10.7 Å². The van der Waals surface area contributed by atoms with Gasteiger partial charge in [-0.25, -0.2) is 0 Å². The molecule has 1 aromatic carbocycles. The first kappa shape index (κ1) is 13.3. The van der Waals surface area contributed by atoms with Gasteiger partial charge in [0.1, 0.15) is 0 Å². The predicted molar refractivity (Wildman–Crippen MR) is 71.9 cm³/mol. The molecule has 1 N–H and O–H groups in total. The molecular weight excluding hydrogens is 289 g/mol. The molecule has 0 aromatic heterocycles. The van der Waals surface area contributed by atoms with Gasteiger partial charge in [-0.15, -0.1) is 0 Å². The van der Waals surface area contributed by atoms with E-state index in [0.29, 0.717) is 5.02 Å². The van der Waals surface area contributed by atoms with Crippen molar-refractivity contribution in [1.29, 1.82) is 0 Å². The second-order valence-corrected chi connectivity index (χ2v) is 4.94. The number of carbonyl (C=O) groups is 1. The standard InChI is InChI=1S/C12H13BrClNO/c1-12(2,7-8-13)11(16)15-10-5-3-9(14)4-6-10/h3-8H,1-2H3,(H,15,16)/b8-7+. The third-order valence-electron chi connectivity index (χ3n) is 2.17. The summed E-state index contributed by atoms with van der Waals surface area (Å²) in [6, 6.07) is 7.03. The average Bonchev–Trinajstić information content (AvgIpc) is 2.21. The Bertz CT molecular complexity index is 398.